The van der Waals surface area contributed by atoms with Crippen LogP contribution in [0.2, 0.25) is 0 Å². The molecule has 1 aliphatic rings. The molecule has 1 N–H and O–H groups in total. The van der Waals surface area contributed by atoms with E-state index in [1.54, 1.807) is 0 Å². The number of rotatable bonds is 4. The number of thiol groups is 1. The standard InChI is InChI=1S/C8H15NOS2/c1-12-8(3-2-4-8)6-9-7(10)5-11/h11H,2-6H2,1H3,(H,9,10). The summed E-state index contributed by atoms with van der Waals surface area (Å²) in [5.74, 6) is 0.337. The molecule has 12 heavy (non-hydrogen) atoms. The summed E-state index contributed by atoms with van der Waals surface area (Å²) in [7, 11) is 0. The number of nitrogens with one attached hydrogen (secondary N) is 1. The Labute approximate surface area is 83.3 Å². The summed E-state index contributed by atoms with van der Waals surface area (Å²) < 4.78 is 0.346. The number of thioether (sulfide) groups is 1. The number of carbonyl (C=O) groups is 1. The molecule has 1 fully saturated rings. The largest absolute Gasteiger partial charge is 0.354 e. The average molecular weight is 205 g/mol. The van der Waals surface area contributed by atoms with Gasteiger partial charge in [-0.05, 0) is 19.1 Å². The van der Waals surface area contributed by atoms with Crippen molar-refractivity contribution >= 4 is 30.3 Å². The molecule has 0 radical (unpaired) electrons. The van der Waals surface area contributed by atoms with Gasteiger partial charge in [-0.3, -0.25) is 4.79 Å². The van der Waals surface area contributed by atoms with Gasteiger partial charge in [0.1, 0.15) is 0 Å². The second-order valence-corrected chi connectivity index (χ2v) is 4.77. The van der Waals surface area contributed by atoms with E-state index in [0.29, 0.717) is 10.5 Å². The summed E-state index contributed by atoms with van der Waals surface area (Å²) >= 11 is 5.77. The lowest BCUT2D eigenvalue weighted by Crippen LogP contribution is -2.45. The maximum atomic E-state index is 10.9. The molecule has 70 valence electrons. The van der Waals surface area contributed by atoms with Gasteiger partial charge in [0, 0.05) is 11.3 Å². The van der Waals surface area contributed by atoms with Gasteiger partial charge in [-0.2, -0.15) is 24.4 Å². The van der Waals surface area contributed by atoms with Crippen LogP contribution in [0.5, 0.6) is 0 Å². The highest BCUT2D eigenvalue weighted by atomic mass is 32.2. The van der Waals surface area contributed by atoms with E-state index < -0.39 is 0 Å². The number of carbonyl (C=O) groups excluding carboxylic acids is 1. The van der Waals surface area contributed by atoms with Crippen LogP contribution in [0.4, 0.5) is 0 Å². The normalized spacial score (nSPS) is 19.8. The first-order valence-corrected chi connectivity index (χ1v) is 6.01. The summed E-state index contributed by atoms with van der Waals surface area (Å²) in [6.45, 7) is 0.813. The first kappa shape index (κ1) is 10.3. The zero-order valence-electron chi connectivity index (χ0n) is 7.30. The SMILES string of the molecule is CSC1(CNC(=O)CS)CCC1. The van der Waals surface area contributed by atoms with Gasteiger partial charge in [0.05, 0.1) is 5.75 Å². The second-order valence-electron chi connectivity index (χ2n) is 3.18. The van der Waals surface area contributed by atoms with E-state index in [1.807, 2.05) is 11.8 Å². The van der Waals surface area contributed by atoms with Crippen molar-refractivity contribution in [1.29, 1.82) is 0 Å². The van der Waals surface area contributed by atoms with Crippen molar-refractivity contribution in [2.75, 3.05) is 18.6 Å². The molecule has 0 spiro atoms. The Morgan fingerprint density at radius 3 is 2.67 bits per heavy atom. The summed E-state index contributed by atoms with van der Waals surface area (Å²) in [5, 5.41) is 2.89. The van der Waals surface area contributed by atoms with Gasteiger partial charge in [0.25, 0.3) is 0 Å². The van der Waals surface area contributed by atoms with Crippen LogP contribution in [-0.2, 0) is 4.79 Å². The van der Waals surface area contributed by atoms with E-state index in [1.165, 1.54) is 19.3 Å². The van der Waals surface area contributed by atoms with E-state index in [2.05, 4.69) is 24.2 Å². The van der Waals surface area contributed by atoms with Crippen LogP contribution in [-0.4, -0.2) is 29.2 Å². The van der Waals surface area contributed by atoms with Crippen LogP contribution in [0.25, 0.3) is 0 Å². The van der Waals surface area contributed by atoms with Crippen LogP contribution >= 0.6 is 24.4 Å². The van der Waals surface area contributed by atoms with Crippen LogP contribution in [0.15, 0.2) is 0 Å². The molecule has 0 heterocycles. The lowest BCUT2D eigenvalue weighted by molar-refractivity contribution is -0.118. The first-order valence-electron chi connectivity index (χ1n) is 4.15. The number of amides is 1. The highest BCUT2D eigenvalue weighted by molar-refractivity contribution is 8.00. The fourth-order valence-electron chi connectivity index (χ4n) is 1.34. The Hall–Kier alpha value is 0.170. The molecular weight excluding hydrogens is 190 g/mol. The molecule has 0 aromatic carbocycles. The molecule has 1 amide bonds. The smallest absolute Gasteiger partial charge is 0.229 e. The molecule has 1 saturated carbocycles. The van der Waals surface area contributed by atoms with Gasteiger partial charge in [-0.1, -0.05) is 6.42 Å². The lowest BCUT2D eigenvalue weighted by Gasteiger charge is -2.40. The third kappa shape index (κ3) is 2.33. The Bertz CT molecular complexity index is 163. The first-order chi connectivity index (χ1) is 5.72. The highest BCUT2D eigenvalue weighted by Crippen LogP contribution is 2.42. The minimum Gasteiger partial charge on any atom is -0.354 e. The summed E-state index contributed by atoms with van der Waals surface area (Å²) in [4.78, 5) is 10.9. The molecule has 1 rings (SSSR count). The van der Waals surface area contributed by atoms with Crippen molar-refractivity contribution in [2.24, 2.45) is 0 Å². The lowest BCUT2D eigenvalue weighted by atomic mass is 9.84. The minimum atomic E-state index is 0.0404. The Balaban J connectivity index is 2.24. The van der Waals surface area contributed by atoms with Gasteiger partial charge in [0.2, 0.25) is 5.91 Å². The molecule has 0 bridgehead atoms. The number of hydrogen-bond donors (Lipinski definition) is 2. The molecular formula is C8H15NOS2. The fourth-order valence-corrected chi connectivity index (χ4v) is 2.36. The zero-order valence-corrected chi connectivity index (χ0v) is 9.01. The van der Waals surface area contributed by atoms with E-state index in [0.717, 1.165) is 6.54 Å². The quantitative estimate of drug-likeness (QED) is 0.678. The topological polar surface area (TPSA) is 29.1 Å². The molecule has 0 saturated heterocycles. The van der Waals surface area contributed by atoms with Crippen molar-refractivity contribution in [2.45, 2.75) is 24.0 Å². The third-order valence-electron chi connectivity index (χ3n) is 2.45. The molecule has 0 aromatic rings. The third-order valence-corrected chi connectivity index (χ3v) is 4.15. The average Bonchev–Trinajstić information content (AvgIpc) is 2.03. The Kier molecular flexibility index (Phi) is 3.77. The summed E-state index contributed by atoms with van der Waals surface area (Å²) in [6, 6.07) is 0. The van der Waals surface area contributed by atoms with Gasteiger partial charge in [-0.25, -0.2) is 0 Å². The van der Waals surface area contributed by atoms with Crippen molar-refractivity contribution in [1.82, 2.24) is 5.32 Å². The zero-order chi connectivity index (χ0) is 9.03. The molecule has 0 aromatic heterocycles. The van der Waals surface area contributed by atoms with Crippen LogP contribution < -0.4 is 5.32 Å². The molecule has 0 aliphatic heterocycles. The van der Waals surface area contributed by atoms with Crippen molar-refractivity contribution in [3.8, 4) is 0 Å². The van der Waals surface area contributed by atoms with Crippen LogP contribution in [0.1, 0.15) is 19.3 Å². The van der Waals surface area contributed by atoms with Gasteiger partial charge in [-0.15, -0.1) is 0 Å². The minimum absolute atomic E-state index is 0.0404. The van der Waals surface area contributed by atoms with Crippen LogP contribution in [0.3, 0.4) is 0 Å². The van der Waals surface area contributed by atoms with Gasteiger partial charge in [0.15, 0.2) is 0 Å². The van der Waals surface area contributed by atoms with Crippen molar-refractivity contribution in [3.05, 3.63) is 0 Å². The van der Waals surface area contributed by atoms with Gasteiger partial charge < -0.3 is 5.32 Å². The molecule has 0 unspecified atom stereocenters. The monoisotopic (exact) mass is 205 g/mol. The maximum absolute atomic E-state index is 10.9. The Morgan fingerprint density at radius 2 is 2.33 bits per heavy atom. The van der Waals surface area contributed by atoms with Crippen molar-refractivity contribution in [3.63, 3.8) is 0 Å². The van der Waals surface area contributed by atoms with E-state index in [4.69, 9.17) is 0 Å². The maximum Gasteiger partial charge on any atom is 0.229 e. The van der Waals surface area contributed by atoms with Crippen LogP contribution in [0, 0.1) is 0 Å². The molecule has 1 aliphatic carbocycles. The summed E-state index contributed by atoms with van der Waals surface area (Å²) in [5.41, 5.74) is 0. The predicted octanol–water partition coefficient (Wildman–Crippen LogP) is 1.32. The van der Waals surface area contributed by atoms with Crippen molar-refractivity contribution < 1.29 is 4.79 Å². The Morgan fingerprint density at radius 1 is 1.67 bits per heavy atom. The van der Waals surface area contributed by atoms with E-state index in [9.17, 15) is 4.79 Å². The van der Waals surface area contributed by atoms with E-state index in [-0.39, 0.29) is 5.91 Å². The molecule has 0 atom stereocenters. The molecule has 4 heteroatoms. The van der Waals surface area contributed by atoms with E-state index >= 15 is 0 Å². The fraction of sp³-hybridized carbons (Fsp3) is 0.875. The number of hydrogen-bond acceptors (Lipinski definition) is 3. The predicted molar refractivity (Wildman–Crippen MR) is 57.0 cm³/mol. The second kappa shape index (κ2) is 4.42. The molecule has 2 nitrogen and oxygen atoms in total. The summed E-state index contributed by atoms with van der Waals surface area (Å²) in [6.07, 6.45) is 5.89. The van der Waals surface area contributed by atoms with Gasteiger partial charge >= 0.3 is 0 Å². The highest BCUT2D eigenvalue weighted by Gasteiger charge is 2.35.